The lowest BCUT2D eigenvalue weighted by atomic mass is 9.80. The molecule has 0 aromatic rings. The van der Waals surface area contributed by atoms with Crippen LogP contribution in [0.4, 0.5) is 0 Å². The lowest BCUT2D eigenvalue weighted by Crippen LogP contribution is -2.47. The van der Waals surface area contributed by atoms with E-state index in [1.807, 2.05) is 6.92 Å². The van der Waals surface area contributed by atoms with Gasteiger partial charge in [0.15, 0.2) is 0 Å². The fourth-order valence-corrected chi connectivity index (χ4v) is 2.64. The van der Waals surface area contributed by atoms with Crippen LogP contribution in [0.5, 0.6) is 0 Å². The van der Waals surface area contributed by atoms with Gasteiger partial charge in [0.2, 0.25) is 11.8 Å². The summed E-state index contributed by atoms with van der Waals surface area (Å²) in [5.74, 6) is -0.276. The molecule has 2 amide bonds. The van der Waals surface area contributed by atoms with Crippen molar-refractivity contribution in [1.82, 2.24) is 9.80 Å². The summed E-state index contributed by atoms with van der Waals surface area (Å²) in [5, 5.41) is 9.53. The molecule has 5 nitrogen and oxygen atoms in total. The molecular weight excluding hydrogens is 254 g/mol. The average Bonchev–Trinajstić information content (AvgIpc) is 2.69. The van der Waals surface area contributed by atoms with Crippen LogP contribution in [0.2, 0.25) is 0 Å². The van der Waals surface area contributed by atoms with E-state index < -0.39 is 5.41 Å². The van der Waals surface area contributed by atoms with E-state index in [0.717, 1.165) is 25.7 Å². The molecule has 1 fully saturated rings. The predicted molar refractivity (Wildman–Crippen MR) is 76.7 cm³/mol. The Kier molecular flexibility index (Phi) is 6.00. The van der Waals surface area contributed by atoms with Crippen LogP contribution in [0.1, 0.15) is 45.4 Å². The summed E-state index contributed by atoms with van der Waals surface area (Å²) >= 11 is 0. The number of nitrogens with zero attached hydrogens (tertiary/aromatic N) is 3. The molecule has 5 heteroatoms. The zero-order chi connectivity index (χ0) is 15.2. The smallest absolute Gasteiger partial charge is 0.243 e. The Morgan fingerprint density at radius 2 is 1.70 bits per heavy atom. The van der Waals surface area contributed by atoms with Gasteiger partial charge in [-0.05, 0) is 19.8 Å². The van der Waals surface area contributed by atoms with Gasteiger partial charge in [-0.15, -0.1) is 0 Å². The van der Waals surface area contributed by atoms with Gasteiger partial charge in [-0.3, -0.25) is 9.59 Å². The highest BCUT2D eigenvalue weighted by Gasteiger charge is 2.41. The summed E-state index contributed by atoms with van der Waals surface area (Å²) in [4.78, 5) is 27.5. The lowest BCUT2D eigenvalue weighted by Gasteiger charge is -2.31. The van der Waals surface area contributed by atoms with Gasteiger partial charge in [-0.2, -0.15) is 5.26 Å². The minimum Gasteiger partial charge on any atom is -0.347 e. The first-order valence-corrected chi connectivity index (χ1v) is 7.37. The van der Waals surface area contributed by atoms with Crippen molar-refractivity contribution in [2.75, 3.05) is 27.2 Å². The molecule has 0 bridgehead atoms. The third-order valence-corrected chi connectivity index (χ3v) is 4.07. The van der Waals surface area contributed by atoms with Crippen LogP contribution in [0.3, 0.4) is 0 Å². The van der Waals surface area contributed by atoms with Crippen LogP contribution in [0.15, 0.2) is 0 Å². The Hall–Kier alpha value is -1.57. The molecule has 0 aromatic carbocycles. The summed E-state index contributed by atoms with van der Waals surface area (Å²) in [5.41, 5.74) is -0.918. The molecule has 0 saturated heterocycles. The van der Waals surface area contributed by atoms with E-state index in [1.54, 1.807) is 14.1 Å². The highest BCUT2D eigenvalue weighted by molar-refractivity contribution is 5.89. The third-order valence-electron chi connectivity index (χ3n) is 4.07. The van der Waals surface area contributed by atoms with Gasteiger partial charge in [0.1, 0.15) is 5.41 Å². The first kappa shape index (κ1) is 16.5. The summed E-state index contributed by atoms with van der Waals surface area (Å²) in [6.45, 7) is 2.37. The normalized spacial score (nSPS) is 17.7. The number of amides is 2. The highest BCUT2D eigenvalue weighted by atomic mass is 16.2. The minimum absolute atomic E-state index is 0.0613. The molecule has 1 aliphatic rings. The van der Waals surface area contributed by atoms with Crippen LogP contribution in [-0.4, -0.2) is 48.8 Å². The van der Waals surface area contributed by atoms with Gasteiger partial charge in [0.05, 0.1) is 12.6 Å². The second kappa shape index (κ2) is 7.28. The Labute approximate surface area is 121 Å². The van der Waals surface area contributed by atoms with Crippen molar-refractivity contribution >= 4 is 11.8 Å². The van der Waals surface area contributed by atoms with Crippen LogP contribution in [-0.2, 0) is 9.59 Å². The third kappa shape index (κ3) is 3.72. The van der Waals surface area contributed by atoms with Crippen molar-refractivity contribution in [3.8, 4) is 6.07 Å². The van der Waals surface area contributed by atoms with Gasteiger partial charge in [0, 0.05) is 20.6 Å². The first-order chi connectivity index (χ1) is 9.46. The summed E-state index contributed by atoms with van der Waals surface area (Å²) in [6.07, 6.45) is 5.24. The van der Waals surface area contributed by atoms with Gasteiger partial charge >= 0.3 is 0 Å². The maximum absolute atomic E-state index is 12.7. The first-order valence-electron chi connectivity index (χ1n) is 7.37. The van der Waals surface area contributed by atoms with Gasteiger partial charge in [0.25, 0.3) is 0 Å². The Balaban J connectivity index is 2.87. The van der Waals surface area contributed by atoms with Crippen LogP contribution in [0, 0.1) is 16.7 Å². The number of hydrogen-bond acceptors (Lipinski definition) is 3. The number of likely N-dealkylation sites (N-methyl/N-ethyl adjacent to an activating group) is 2. The van der Waals surface area contributed by atoms with E-state index in [1.165, 1.54) is 9.80 Å². The fraction of sp³-hybridized carbons (Fsp3) is 0.800. The van der Waals surface area contributed by atoms with E-state index >= 15 is 0 Å². The van der Waals surface area contributed by atoms with Crippen LogP contribution < -0.4 is 0 Å². The summed E-state index contributed by atoms with van der Waals surface area (Å²) < 4.78 is 0. The maximum Gasteiger partial charge on any atom is 0.243 e. The minimum atomic E-state index is -0.918. The van der Waals surface area contributed by atoms with Gasteiger partial charge < -0.3 is 9.80 Å². The molecular formula is C15H25N3O2. The van der Waals surface area contributed by atoms with Crippen LogP contribution in [0.25, 0.3) is 0 Å². The summed E-state index contributed by atoms with van der Waals surface area (Å²) in [7, 11) is 3.35. The molecule has 0 unspecified atom stereocenters. The highest BCUT2D eigenvalue weighted by Crippen LogP contribution is 2.36. The molecule has 0 N–H and O–H groups in total. The van der Waals surface area contributed by atoms with Crippen molar-refractivity contribution in [2.24, 2.45) is 5.41 Å². The Morgan fingerprint density at radius 1 is 1.15 bits per heavy atom. The molecule has 20 heavy (non-hydrogen) atoms. The maximum atomic E-state index is 12.7. The molecule has 0 atom stereocenters. The SMILES string of the molecule is CCN(CC(=O)N(C)C)C(=O)C1(C#N)CCCCCC1. The van der Waals surface area contributed by atoms with Gasteiger partial charge in [-0.25, -0.2) is 0 Å². The van der Waals surface area contributed by atoms with E-state index in [0.29, 0.717) is 19.4 Å². The number of carbonyl (C=O) groups is 2. The van der Waals surface area contributed by atoms with Crippen molar-refractivity contribution < 1.29 is 9.59 Å². The number of carbonyl (C=O) groups excluding carboxylic acids is 2. The predicted octanol–water partition coefficient (Wildman–Crippen LogP) is 1.79. The number of rotatable bonds is 4. The van der Waals surface area contributed by atoms with Gasteiger partial charge in [-0.1, -0.05) is 25.7 Å². The van der Waals surface area contributed by atoms with E-state index in [4.69, 9.17) is 0 Å². The molecule has 0 spiro atoms. The largest absolute Gasteiger partial charge is 0.347 e. The molecule has 0 aromatic heterocycles. The molecule has 1 saturated carbocycles. The zero-order valence-electron chi connectivity index (χ0n) is 12.8. The van der Waals surface area contributed by atoms with Crippen LogP contribution >= 0.6 is 0 Å². The van der Waals surface area contributed by atoms with Crippen molar-refractivity contribution in [1.29, 1.82) is 5.26 Å². The second-order valence-corrected chi connectivity index (χ2v) is 5.72. The van der Waals surface area contributed by atoms with Crippen molar-refractivity contribution in [2.45, 2.75) is 45.4 Å². The molecule has 1 rings (SSSR count). The average molecular weight is 279 g/mol. The standard InChI is InChI=1S/C15H25N3O2/c1-4-18(11-13(19)17(2)3)14(20)15(12-16)9-7-5-6-8-10-15/h4-11H2,1-3H3. The topological polar surface area (TPSA) is 64.4 Å². The van der Waals surface area contributed by atoms with E-state index in [2.05, 4.69) is 6.07 Å². The zero-order valence-corrected chi connectivity index (χ0v) is 12.8. The molecule has 1 aliphatic carbocycles. The van der Waals surface area contributed by atoms with E-state index in [9.17, 15) is 14.9 Å². The quantitative estimate of drug-likeness (QED) is 0.737. The summed E-state index contributed by atoms with van der Waals surface area (Å²) in [6, 6.07) is 2.26. The molecule has 0 aliphatic heterocycles. The molecule has 112 valence electrons. The number of nitriles is 1. The molecule has 0 radical (unpaired) electrons. The van der Waals surface area contributed by atoms with Crippen molar-refractivity contribution in [3.63, 3.8) is 0 Å². The monoisotopic (exact) mass is 279 g/mol. The second-order valence-electron chi connectivity index (χ2n) is 5.72. The Bertz CT molecular complexity index is 390. The lowest BCUT2D eigenvalue weighted by molar-refractivity contribution is -0.144. The van der Waals surface area contributed by atoms with Crippen molar-refractivity contribution in [3.05, 3.63) is 0 Å². The Morgan fingerprint density at radius 3 is 2.10 bits per heavy atom. The van der Waals surface area contributed by atoms with E-state index in [-0.39, 0.29) is 18.4 Å². The fourth-order valence-electron chi connectivity index (χ4n) is 2.64. The molecule has 0 heterocycles. The number of hydrogen-bond donors (Lipinski definition) is 0.